The number of benzene rings is 1. The third kappa shape index (κ3) is 2.97. The van der Waals surface area contributed by atoms with E-state index in [4.69, 9.17) is 4.74 Å². The Hall–Kier alpha value is -1.55. The second-order valence-corrected chi connectivity index (χ2v) is 3.52. The summed E-state index contributed by atoms with van der Waals surface area (Å²) < 4.78 is 4.95. The number of hydrogen-bond donors (Lipinski definition) is 1. The van der Waals surface area contributed by atoms with Gasteiger partial charge in [-0.25, -0.2) is 0 Å². The van der Waals surface area contributed by atoms with E-state index in [0.29, 0.717) is 18.7 Å². The maximum Gasteiger partial charge on any atom is 0.255 e. The molecule has 0 aliphatic rings. The average molecular weight is 222 g/mol. The molecule has 0 unspecified atom stereocenters. The first-order valence-electron chi connectivity index (χ1n) is 5.22. The fourth-order valence-corrected chi connectivity index (χ4v) is 1.42. The summed E-state index contributed by atoms with van der Waals surface area (Å²) >= 11 is 0. The van der Waals surface area contributed by atoms with E-state index in [-0.39, 0.29) is 5.91 Å². The zero-order chi connectivity index (χ0) is 12.0. The number of nitrogens with one attached hydrogen (secondary N) is 1. The van der Waals surface area contributed by atoms with Crippen molar-refractivity contribution in [1.29, 1.82) is 0 Å². The van der Waals surface area contributed by atoms with Crippen LogP contribution in [0.15, 0.2) is 24.3 Å². The lowest BCUT2D eigenvalue weighted by atomic mass is 10.1. The summed E-state index contributed by atoms with van der Waals surface area (Å²) in [6.07, 6.45) is 0. The summed E-state index contributed by atoms with van der Waals surface area (Å²) in [6.45, 7) is 1.14. The first-order chi connectivity index (χ1) is 7.70. The van der Waals surface area contributed by atoms with Gasteiger partial charge in [-0.15, -0.1) is 0 Å². The van der Waals surface area contributed by atoms with Crippen molar-refractivity contribution in [2.24, 2.45) is 0 Å². The summed E-state index contributed by atoms with van der Waals surface area (Å²) in [7, 11) is 5.20. The van der Waals surface area contributed by atoms with E-state index in [1.165, 1.54) is 0 Å². The molecule has 4 heteroatoms. The van der Waals surface area contributed by atoms with Crippen LogP contribution in [0.2, 0.25) is 0 Å². The topological polar surface area (TPSA) is 41.6 Å². The number of methoxy groups -OCH3 is 1. The van der Waals surface area contributed by atoms with Crippen molar-refractivity contribution in [3.8, 4) is 0 Å². The van der Waals surface area contributed by atoms with E-state index in [2.05, 4.69) is 5.32 Å². The minimum absolute atomic E-state index is 0.00185. The van der Waals surface area contributed by atoms with Crippen molar-refractivity contribution in [3.63, 3.8) is 0 Å². The number of ether oxygens (including phenoxy) is 1. The van der Waals surface area contributed by atoms with Crippen molar-refractivity contribution >= 4 is 11.6 Å². The molecule has 4 nitrogen and oxygen atoms in total. The molecule has 0 bridgehead atoms. The van der Waals surface area contributed by atoms with Gasteiger partial charge in [-0.05, 0) is 12.1 Å². The molecular weight excluding hydrogens is 204 g/mol. The number of likely N-dealkylation sites (N-methyl/N-ethyl adjacent to an activating group) is 1. The van der Waals surface area contributed by atoms with Crippen LogP contribution in [0.25, 0.3) is 0 Å². The van der Waals surface area contributed by atoms with Crippen LogP contribution in [0.3, 0.4) is 0 Å². The van der Waals surface area contributed by atoms with E-state index in [9.17, 15) is 4.79 Å². The predicted octanol–water partition coefficient (Wildman–Crippen LogP) is 1.45. The van der Waals surface area contributed by atoms with Crippen LogP contribution < -0.4 is 5.32 Å². The minimum atomic E-state index is 0.00185. The lowest BCUT2D eigenvalue weighted by Crippen LogP contribution is -2.30. The Bertz CT molecular complexity index is 353. The Morgan fingerprint density at radius 1 is 1.44 bits per heavy atom. The molecule has 0 saturated heterocycles. The number of amides is 1. The van der Waals surface area contributed by atoms with Crippen LogP contribution in [0.1, 0.15) is 10.4 Å². The molecular formula is C12H18N2O2. The van der Waals surface area contributed by atoms with E-state index < -0.39 is 0 Å². The molecule has 16 heavy (non-hydrogen) atoms. The molecule has 0 aliphatic carbocycles. The molecule has 1 N–H and O–H groups in total. The normalized spacial score (nSPS) is 9.94. The lowest BCUT2D eigenvalue weighted by molar-refractivity contribution is 0.0745. The highest BCUT2D eigenvalue weighted by Crippen LogP contribution is 2.15. The number of nitrogens with zero attached hydrogens (tertiary/aromatic N) is 1. The smallest absolute Gasteiger partial charge is 0.255 e. The minimum Gasteiger partial charge on any atom is -0.387 e. The molecule has 0 fully saturated rings. The maximum absolute atomic E-state index is 12.1. The Balaban J connectivity index is 2.79. The second-order valence-electron chi connectivity index (χ2n) is 3.52. The van der Waals surface area contributed by atoms with Gasteiger partial charge in [-0.3, -0.25) is 4.79 Å². The molecule has 1 aromatic carbocycles. The second kappa shape index (κ2) is 6.12. The van der Waals surface area contributed by atoms with Crippen molar-refractivity contribution in [2.45, 2.75) is 0 Å². The SMILES string of the molecule is CNc1ccccc1C(=O)N(C)CCOC. The van der Waals surface area contributed by atoms with Crippen molar-refractivity contribution in [3.05, 3.63) is 29.8 Å². The molecule has 0 spiro atoms. The van der Waals surface area contributed by atoms with Gasteiger partial charge in [0.15, 0.2) is 0 Å². The maximum atomic E-state index is 12.1. The summed E-state index contributed by atoms with van der Waals surface area (Å²) in [6, 6.07) is 7.46. The fourth-order valence-electron chi connectivity index (χ4n) is 1.42. The Labute approximate surface area is 96.2 Å². The van der Waals surface area contributed by atoms with Gasteiger partial charge in [0, 0.05) is 33.4 Å². The van der Waals surface area contributed by atoms with Gasteiger partial charge in [0.25, 0.3) is 5.91 Å². The van der Waals surface area contributed by atoms with E-state index in [1.54, 1.807) is 26.1 Å². The number of carbonyl (C=O) groups is 1. The van der Waals surface area contributed by atoms with E-state index in [0.717, 1.165) is 5.69 Å². The number of carbonyl (C=O) groups excluding carboxylic acids is 1. The van der Waals surface area contributed by atoms with Gasteiger partial charge in [-0.2, -0.15) is 0 Å². The number of anilines is 1. The predicted molar refractivity (Wildman–Crippen MR) is 64.8 cm³/mol. The Kier molecular flexibility index (Phi) is 4.79. The molecule has 1 amide bonds. The molecule has 1 rings (SSSR count). The molecule has 0 heterocycles. The highest BCUT2D eigenvalue weighted by atomic mass is 16.5. The summed E-state index contributed by atoms with van der Waals surface area (Å²) in [5, 5.41) is 3.01. The van der Waals surface area contributed by atoms with E-state index >= 15 is 0 Å². The van der Waals surface area contributed by atoms with Crippen LogP contribution >= 0.6 is 0 Å². The van der Waals surface area contributed by atoms with Crippen LogP contribution in [-0.2, 0) is 4.74 Å². The average Bonchev–Trinajstić information content (AvgIpc) is 2.34. The standard InChI is InChI=1S/C12H18N2O2/c1-13-11-7-5-4-6-10(11)12(15)14(2)8-9-16-3/h4-7,13H,8-9H2,1-3H3. The number of hydrogen-bond acceptors (Lipinski definition) is 3. The van der Waals surface area contributed by atoms with Gasteiger partial charge in [-0.1, -0.05) is 12.1 Å². The zero-order valence-electron chi connectivity index (χ0n) is 9.99. The van der Waals surface area contributed by atoms with Crippen LogP contribution in [0.4, 0.5) is 5.69 Å². The molecule has 1 aromatic rings. The summed E-state index contributed by atoms with van der Waals surface area (Å²) in [5.74, 6) is 0.00185. The quantitative estimate of drug-likeness (QED) is 0.819. The first kappa shape index (κ1) is 12.5. The van der Waals surface area contributed by atoms with Crippen LogP contribution in [-0.4, -0.2) is 45.2 Å². The van der Waals surface area contributed by atoms with Gasteiger partial charge in [0.2, 0.25) is 0 Å². The largest absolute Gasteiger partial charge is 0.387 e. The molecule has 0 aliphatic heterocycles. The lowest BCUT2D eigenvalue weighted by Gasteiger charge is -2.18. The Morgan fingerprint density at radius 3 is 2.75 bits per heavy atom. The van der Waals surface area contributed by atoms with Gasteiger partial charge in [0.1, 0.15) is 0 Å². The zero-order valence-corrected chi connectivity index (χ0v) is 9.99. The Morgan fingerprint density at radius 2 is 2.12 bits per heavy atom. The first-order valence-corrected chi connectivity index (χ1v) is 5.22. The molecule has 0 atom stereocenters. The number of rotatable bonds is 5. The molecule has 88 valence electrons. The monoisotopic (exact) mass is 222 g/mol. The highest BCUT2D eigenvalue weighted by Gasteiger charge is 2.14. The number of para-hydroxylation sites is 1. The van der Waals surface area contributed by atoms with Crippen LogP contribution in [0.5, 0.6) is 0 Å². The van der Waals surface area contributed by atoms with Gasteiger partial charge < -0.3 is 15.0 Å². The van der Waals surface area contributed by atoms with Crippen molar-refractivity contribution in [2.75, 3.05) is 39.7 Å². The highest BCUT2D eigenvalue weighted by molar-refractivity contribution is 5.99. The van der Waals surface area contributed by atoms with Crippen LogP contribution in [0, 0.1) is 0 Å². The van der Waals surface area contributed by atoms with Gasteiger partial charge in [0.05, 0.1) is 12.2 Å². The summed E-state index contributed by atoms with van der Waals surface area (Å²) in [5.41, 5.74) is 1.53. The molecule has 0 radical (unpaired) electrons. The third-order valence-electron chi connectivity index (χ3n) is 2.40. The van der Waals surface area contributed by atoms with Gasteiger partial charge >= 0.3 is 0 Å². The molecule has 0 saturated carbocycles. The van der Waals surface area contributed by atoms with Crippen molar-refractivity contribution in [1.82, 2.24) is 4.90 Å². The third-order valence-corrected chi connectivity index (χ3v) is 2.40. The molecule has 0 aromatic heterocycles. The van der Waals surface area contributed by atoms with Crippen molar-refractivity contribution < 1.29 is 9.53 Å². The summed E-state index contributed by atoms with van der Waals surface area (Å²) in [4.78, 5) is 13.7. The fraction of sp³-hybridized carbons (Fsp3) is 0.417. The van der Waals surface area contributed by atoms with E-state index in [1.807, 2.05) is 24.3 Å².